The number of rotatable bonds is 5. The molecule has 2 aliphatic rings. The third-order valence-corrected chi connectivity index (χ3v) is 5.34. The molecule has 4 heteroatoms. The van der Waals surface area contributed by atoms with Crippen LogP contribution in [0.3, 0.4) is 0 Å². The van der Waals surface area contributed by atoms with Gasteiger partial charge in [-0.05, 0) is 51.9 Å². The van der Waals surface area contributed by atoms with Crippen molar-refractivity contribution in [1.82, 2.24) is 5.43 Å². The molecule has 1 saturated heterocycles. The minimum Gasteiger partial charge on any atom is -0.379 e. The van der Waals surface area contributed by atoms with Gasteiger partial charge in [0.15, 0.2) is 0 Å². The van der Waals surface area contributed by atoms with Crippen molar-refractivity contribution in [3.8, 4) is 0 Å². The van der Waals surface area contributed by atoms with Gasteiger partial charge in [-0.1, -0.05) is 19.3 Å². The average molecular weight is 284 g/mol. The Hall–Kier alpha value is -0.160. The molecule has 0 aromatic heterocycles. The Kier molecular flexibility index (Phi) is 5.46. The van der Waals surface area contributed by atoms with Crippen LogP contribution in [0.1, 0.15) is 65.2 Å². The maximum Gasteiger partial charge on any atom is 0.0685 e. The van der Waals surface area contributed by atoms with Gasteiger partial charge in [-0.25, -0.2) is 0 Å². The van der Waals surface area contributed by atoms with Crippen LogP contribution in [0.2, 0.25) is 0 Å². The smallest absolute Gasteiger partial charge is 0.0685 e. The zero-order chi connectivity index (χ0) is 14.6. The minimum absolute atomic E-state index is 0.130. The predicted molar refractivity (Wildman–Crippen MR) is 81.3 cm³/mol. The van der Waals surface area contributed by atoms with E-state index in [9.17, 15) is 0 Å². The monoisotopic (exact) mass is 284 g/mol. The first-order valence-corrected chi connectivity index (χ1v) is 8.15. The minimum atomic E-state index is -0.130. The number of nitrogens with two attached hydrogens (primary N) is 1. The summed E-state index contributed by atoms with van der Waals surface area (Å²) < 4.78 is 11.8. The standard InChI is InChI=1S/C16H32N2O2/c1-15(2,19-3)12-14(18-17)13-7-10-20-16(11-13)8-5-4-6-9-16/h13-14,18H,4-12,17H2,1-3H3. The normalized spacial score (nSPS) is 28.5. The van der Waals surface area contributed by atoms with E-state index in [2.05, 4.69) is 19.3 Å². The zero-order valence-electron chi connectivity index (χ0n) is 13.4. The molecular weight excluding hydrogens is 252 g/mol. The van der Waals surface area contributed by atoms with Crippen molar-refractivity contribution in [3.63, 3.8) is 0 Å². The Labute approximate surface area is 123 Å². The molecule has 4 nitrogen and oxygen atoms in total. The Morgan fingerprint density at radius 3 is 2.65 bits per heavy atom. The average Bonchev–Trinajstić information content (AvgIpc) is 2.46. The molecule has 2 fully saturated rings. The highest BCUT2D eigenvalue weighted by Gasteiger charge is 2.41. The molecule has 0 radical (unpaired) electrons. The van der Waals surface area contributed by atoms with Crippen molar-refractivity contribution in [2.24, 2.45) is 11.8 Å². The van der Waals surface area contributed by atoms with Crippen molar-refractivity contribution in [2.75, 3.05) is 13.7 Å². The Bertz CT molecular complexity index is 295. The molecule has 20 heavy (non-hydrogen) atoms. The van der Waals surface area contributed by atoms with Gasteiger partial charge in [-0.3, -0.25) is 11.3 Å². The van der Waals surface area contributed by atoms with Crippen molar-refractivity contribution >= 4 is 0 Å². The van der Waals surface area contributed by atoms with Crippen LogP contribution in [-0.4, -0.2) is 31.0 Å². The molecule has 1 spiro atoms. The van der Waals surface area contributed by atoms with Crippen molar-refractivity contribution in [3.05, 3.63) is 0 Å². The van der Waals surface area contributed by atoms with Gasteiger partial charge in [0.25, 0.3) is 0 Å². The van der Waals surface area contributed by atoms with Crippen molar-refractivity contribution in [1.29, 1.82) is 0 Å². The van der Waals surface area contributed by atoms with E-state index in [4.69, 9.17) is 15.3 Å². The van der Waals surface area contributed by atoms with Gasteiger partial charge >= 0.3 is 0 Å². The molecule has 2 unspecified atom stereocenters. The summed E-state index contributed by atoms with van der Waals surface area (Å²) in [6.45, 7) is 5.15. The number of hydrazine groups is 1. The van der Waals surface area contributed by atoms with E-state index in [0.29, 0.717) is 12.0 Å². The van der Waals surface area contributed by atoms with Gasteiger partial charge in [0.1, 0.15) is 0 Å². The Morgan fingerprint density at radius 1 is 1.35 bits per heavy atom. The number of nitrogens with one attached hydrogen (secondary N) is 1. The van der Waals surface area contributed by atoms with Gasteiger partial charge in [0.05, 0.1) is 11.2 Å². The summed E-state index contributed by atoms with van der Waals surface area (Å²) >= 11 is 0. The summed E-state index contributed by atoms with van der Waals surface area (Å²) in [7, 11) is 1.78. The van der Waals surface area contributed by atoms with Crippen LogP contribution in [0.15, 0.2) is 0 Å². The molecule has 118 valence electrons. The van der Waals surface area contributed by atoms with Crippen molar-refractivity contribution in [2.45, 2.75) is 82.5 Å². The number of hydrogen-bond donors (Lipinski definition) is 2. The highest BCUT2D eigenvalue weighted by atomic mass is 16.5. The third kappa shape index (κ3) is 3.94. The lowest BCUT2D eigenvalue weighted by Crippen LogP contribution is -2.51. The second-order valence-electron chi connectivity index (χ2n) is 7.29. The van der Waals surface area contributed by atoms with Crippen LogP contribution in [0.5, 0.6) is 0 Å². The fourth-order valence-corrected chi connectivity index (χ4v) is 3.93. The van der Waals surface area contributed by atoms with Crippen LogP contribution in [-0.2, 0) is 9.47 Å². The first-order chi connectivity index (χ1) is 9.50. The van der Waals surface area contributed by atoms with E-state index < -0.39 is 0 Å². The summed E-state index contributed by atoms with van der Waals surface area (Å²) in [6, 6.07) is 0.313. The molecule has 1 aliphatic carbocycles. The summed E-state index contributed by atoms with van der Waals surface area (Å²) in [5.41, 5.74) is 3.07. The molecule has 0 aromatic rings. The molecule has 3 N–H and O–H groups in total. The SMILES string of the molecule is COC(C)(C)CC(NN)C1CCOC2(CCCCC2)C1. The molecule has 0 aromatic carbocycles. The highest BCUT2D eigenvalue weighted by molar-refractivity contribution is 4.94. The molecular formula is C16H32N2O2. The van der Waals surface area contributed by atoms with E-state index in [1.807, 2.05) is 0 Å². The number of ether oxygens (including phenoxy) is 2. The topological polar surface area (TPSA) is 56.5 Å². The fourth-order valence-electron chi connectivity index (χ4n) is 3.93. The summed E-state index contributed by atoms with van der Waals surface area (Å²) in [4.78, 5) is 0. The van der Waals surface area contributed by atoms with Gasteiger partial charge < -0.3 is 9.47 Å². The van der Waals surface area contributed by atoms with E-state index in [1.165, 1.54) is 32.1 Å². The van der Waals surface area contributed by atoms with E-state index in [-0.39, 0.29) is 11.2 Å². The molecule has 1 aliphatic heterocycles. The zero-order valence-corrected chi connectivity index (χ0v) is 13.4. The third-order valence-electron chi connectivity index (χ3n) is 5.34. The first kappa shape index (κ1) is 16.2. The van der Waals surface area contributed by atoms with Crippen LogP contribution >= 0.6 is 0 Å². The molecule has 1 heterocycles. The maximum absolute atomic E-state index is 6.19. The molecule has 0 bridgehead atoms. The quantitative estimate of drug-likeness (QED) is 0.602. The number of methoxy groups -OCH3 is 1. The molecule has 2 atom stereocenters. The summed E-state index contributed by atoms with van der Waals surface area (Å²) in [5.74, 6) is 6.44. The van der Waals surface area contributed by atoms with Gasteiger partial charge in [0.2, 0.25) is 0 Å². The van der Waals surface area contributed by atoms with Gasteiger partial charge in [-0.2, -0.15) is 0 Å². The second-order valence-corrected chi connectivity index (χ2v) is 7.29. The summed E-state index contributed by atoms with van der Waals surface area (Å²) in [5, 5.41) is 0. The molecule has 1 saturated carbocycles. The largest absolute Gasteiger partial charge is 0.379 e. The molecule has 2 rings (SSSR count). The predicted octanol–water partition coefficient (Wildman–Crippen LogP) is 2.76. The number of hydrogen-bond acceptors (Lipinski definition) is 4. The fraction of sp³-hybridized carbons (Fsp3) is 1.00. The highest BCUT2D eigenvalue weighted by Crippen LogP contribution is 2.42. The maximum atomic E-state index is 6.19. The second kappa shape index (κ2) is 6.73. The lowest BCUT2D eigenvalue weighted by molar-refractivity contribution is -0.125. The lowest BCUT2D eigenvalue weighted by Gasteiger charge is -2.46. The summed E-state index contributed by atoms with van der Waals surface area (Å²) in [6.07, 6.45) is 9.67. The van der Waals surface area contributed by atoms with Crippen LogP contribution in [0.25, 0.3) is 0 Å². The van der Waals surface area contributed by atoms with E-state index in [0.717, 1.165) is 25.9 Å². The molecule has 0 amide bonds. The van der Waals surface area contributed by atoms with Crippen molar-refractivity contribution < 1.29 is 9.47 Å². The lowest BCUT2D eigenvalue weighted by atomic mass is 9.73. The van der Waals surface area contributed by atoms with Crippen LogP contribution < -0.4 is 11.3 Å². The van der Waals surface area contributed by atoms with E-state index >= 15 is 0 Å². The van der Waals surface area contributed by atoms with Crippen LogP contribution in [0, 0.1) is 5.92 Å². The van der Waals surface area contributed by atoms with Gasteiger partial charge in [0, 0.05) is 19.8 Å². The van der Waals surface area contributed by atoms with Gasteiger partial charge in [-0.15, -0.1) is 0 Å². The van der Waals surface area contributed by atoms with Crippen LogP contribution in [0.4, 0.5) is 0 Å². The Balaban J connectivity index is 1.98. The van der Waals surface area contributed by atoms with E-state index in [1.54, 1.807) is 7.11 Å². The first-order valence-electron chi connectivity index (χ1n) is 8.15. The Morgan fingerprint density at radius 2 is 2.05 bits per heavy atom.